The fourth-order valence-electron chi connectivity index (χ4n) is 2.44. The second-order valence-corrected chi connectivity index (χ2v) is 6.76. The minimum atomic E-state index is -4.39. The molecule has 2 N–H and O–H groups in total. The summed E-state index contributed by atoms with van der Waals surface area (Å²) in [6.45, 7) is 4.75. The van der Waals surface area contributed by atoms with Crippen LogP contribution in [0.2, 0.25) is 0 Å². The smallest absolute Gasteiger partial charge is 0.416 e. The first kappa shape index (κ1) is 23.4. The summed E-state index contributed by atoms with van der Waals surface area (Å²) in [4.78, 5) is 30.3. The topological polar surface area (TPSA) is 93.3 Å². The van der Waals surface area contributed by atoms with Gasteiger partial charge < -0.3 is 14.8 Å². The highest BCUT2D eigenvalue weighted by Gasteiger charge is 2.29. The molecule has 0 bridgehead atoms. The van der Waals surface area contributed by atoms with Crippen LogP contribution in [0.15, 0.2) is 35.1 Å². The summed E-state index contributed by atoms with van der Waals surface area (Å²) in [6, 6.07) is 5.67. The van der Waals surface area contributed by atoms with E-state index >= 15 is 0 Å². The van der Waals surface area contributed by atoms with Gasteiger partial charge in [-0.05, 0) is 38.0 Å². The van der Waals surface area contributed by atoms with Gasteiger partial charge in [-0.2, -0.15) is 18.2 Å². The molecule has 2 aromatic rings. The van der Waals surface area contributed by atoms with E-state index in [0.717, 1.165) is 18.2 Å². The van der Waals surface area contributed by atoms with Gasteiger partial charge in [0.25, 0.3) is 17.5 Å². The Kier molecular flexibility index (Phi) is 8.40. The van der Waals surface area contributed by atoms with Crippen LogP contribution >= 0.6 is 0 Å². The molecule has 0 atom stereocenters. The van der Waals surface area contributed by atoms with Crippen LogP contribution in [-0.4, -0.2) is 41.7 Å². The zero-order valence-electron chi connectivity index (χ0n) is 16.7. The number of hydrogen-bond acceptors (Lipinski definition) is 5. The molecule has 2 rings (SSSR count). The fraction of sp³-hybridized carbons (Fsp3) is 0.450. The molecule has 0 aliphatic carbocycles. The number of H-pyrrole nitrogens is 1. The Labute approximate surface area is 171 Å². The monoisotopic (exact) mass is 427 g/mol. The van der Waals surface area contributed by atoms with Crippen LogP contribution < -0.4 is 15.6 Å². The van der Waals surface area contributed by atoms with Gasteiger partial charge in [-0.25, -0.2) is 0 Å². The lowest BCUT2D eigenvalue weighted by atomic mass is 10.1. The molecule has 0 aliphatic heterocycles. The minimum absolute atomic E-state index is 0.0695. The van der Waals surface area contributed by atoms with E-state index in [2.05, 4.69) is 15.3 Å². The lowest BCUT2D eigenvalue weighted by molar-refractivity contribution is -0.137. The van der Waals surface area contributed by atoms with Gasteiger partial charge in [0.1, 0.15) is 5.69 Å². The van der Waals surface area contributed by atoms with Gasteiger partial charge in [0.2, 0.25) is 0 Å². The van der Waals surface area contributed by atoms with E-state index in [4.69, 9.17) is 9.47 Å². The SMILES string of the molecule is CC(C)OCCCOc1nc(C(=O)NCCc2ccc(C(F)(F)F)cc2)cc(=O)[nH]1. The number of nitrogens with one attached hydrogen (secondary N) is 2. The molecule has 1 aromatic carbocycles. The third-order valence-electron chi connectivity index (χ3n) is 3.91. The molecular weight excluding hydrogens is 403 g/mol. The Bertz CT molecular complexity index is 880. The normalized spacial score (nSPS) is 11.5. The van der Waals surface area contributed by atoms with Gasteiger partial charge >= 0.3 is 6.18 Å². The lowest BCUT2D eigenvalue weighted by Crippen LogP contribution is -2.28. The number of halogens is 3. The van der Waals surface area contributed by atoms with E-state index in [1.807, 2.05) is 13.8 Å². The molecule has 1 heterocycles. The summed E-state index contributed by atoms with van der Waals surface area (Å²) in [5, 5.41) is 2.58. The highest BCUT2D eigenvalue weighted by atomic mass is 19.4. The van der Waals surface area contributed by atoms with E-state index in [9.17, 15) is 22.8 Å². The van der Waals surface area contributed by atoms with Crippen LogP contribution in [-0.2, 0) is 17.3 Å². The third-order valence-corrected chi connectivity index (χ3v) is 3.91. The van der Waals surface area contributed by atoms with Crippen molar-refractivity contribution in [1.82, 2.24) is 15.3 Å². The predicted octanol–water partition coefficient (Wildman–Crippen LogP) is 2.96. The van der Waals surface area contributed by atoms with E-state index < -0.39 is 23.2 Å². The van der Waals surface area contributed by atoms with Crippen molar-refractivity contribution in [1.29, 1.82) is 0 Å². The average Bonchev–Trinajstić information content (AvgIpc) is 2.66. The molecule has 164 valence electrons. The van der Waals surface area contributed by atoms with Crippen molar-refractivity contribution < 1.29 is 27.4 Å². The number of amides is 1. The van der Waals surface area contributed by atoms with Gasteiger partial charge in [0.15, 0.2) is 0 Å². The molecule has 10 heteroatoms. The van der Waals surface area contributed by atoms with Crippen molar-refractivity contribution in [2.45, 2.75) is 39.0 Å². The number of aromatic amines is 1. The maximum atomic E-state index is 12.6. The lowest BCUT2D eigenvalue weighted by Gasteiger charge is -2.09. The van der Waals surface area contributed by atoms with E-state index in [-0.39, 0.29) is 31.0 Å². The van der Waals surface area contributed by atoms with E-state index in [1.54, 1.807) is 0 Å². The summed E-state index contributed by atoms with van der Waals surface area (Å²) in [5.41, 5.74) is -0.743. The fourth-order valence-corrected chi connectivity index (χ4v) is 2.44. The zero-order valence-corrected chi connectivity index (χ0v) is 16.7. The second-order valence-electron chi connectivity index (χ2n) is 6.76. The zero-order chi connectivity index (χ0) is 22.1. The highest BCUT2D eigenvalue weighted by Crippen LogP contribution is 2.29. The molecule has 0 saturated carbocycles. The van der Waals surface area contributed by atoms with Crippen molar-refractivity contribution in [3.05, 3.63) is 57.5 Å². The van der Waals surface area contributed by atoms with Crippen molar-refractivity contribution >= 4 is 5.91 Å². The number of nitrogens with zero attached hydrogens (tertiary/aromatic N) is 1. The summed E-state index contributed by atoms with van der Waals surface area (Å²) >= 11 is 0. The first-order valence-corrected chi connectivity index (χ1v) is 9.45. The first-order valence-electron chi connectivity index (χ1n) is 9.45. The number of carbonyl (C=O) groups excluding carboxylic acids is 1. The number of alkyl halides is 3. The molecule has 0 fully saturated rings. The summed E-state index contributed by atoms with van der Waals surface area (Å²) in [6.07, 6.45) is -3.37. The molecule has 30 heavy (non-hydrogen) atoms. The standard InChI is InChI=1S/C20H24F3N3O4/c1-13(2)29-10-3-11-30-19-25-16(12-17(27)26-19)18(28)24-9-8-14-4-6-15(7-5-14)20(21,22)23/h4-7,12-13H,3,8-11H2,1-2H3,(H,24,28)(H,25,26,27). The number of ether oxygens (including phenoxy) is 2. The summed E-state index contributed by atoms with van der Waals surface area (Å²) in [7, 11) is 0. The minimum Gasteiger partial charge on any atom is -0.465 e. The second kappa shape index (κ2) is 10.8. The van der Waals surface area contributed by atoms with Crippen molar-refractivity contribution in [3.8, 4) is 6.01 Å². The van der Waals surface area contributed by atoms with Crippen LogP contribution in [0.3, 0.4) is 0 Å². The average molecular weight is 427 g/mol. The molecular formula is C20H24F3N3O4. The van der Waals surface area contributed by atoms with Crippen LogP contribution in [0.5, 0.6) is 6.01 Å². The predicted molar refractivity (Wildman–Crippen MR) is 104 cm³/mol. The Balaban J connectivity index is 1.84. The maximum absolute atomic E-state index is 12.6. The van der Waals surface area contributed by atoms with Gasteiger partial charge in [-0.1, -0.05) is 12.1 Å². The van der Waals surface area contributed by atoms with E-state index in [1.165, 1.54) is 12.1 Å². The van der Waals surface area contributed by atoms with Crippen LogP contribution in [0.1, 0.15) is 41.9 Å². The number of carbonyl (C=O) groups is 1. The molecule has 7 nitrogen and oxygen atoms in total. The third kappa shape index (κ3) is 7.86. The number of aromatic nitrogens is 2. The number of rotatable bonds is 10. The highest BCUT2D eigenvalue weighted by molar-refractivity contribution is 5.92. The maximum Gasteiger partial charge on any atom is 0.416 e. The van der Waals surface area contributed by atoms with Crippen LogP contribution in [0.4, 0.5) is 13.2 Å². The van der Waals surface area contributed by atoms with Crippen molar-refractivity contribution in [3.63, 3.8) is 0 Å². The summed E-state index contributed by atoms with van der Waals surface area (Å²) in [5.74, 6) is -0.582. The molecule has 1 aromatic heterocycles. The molecule has 1 amide bonds. The Morgan fingerprint density at radius 2 is 1.90 bits per heavy atom. The largest absolute Gasteiger partial charge is 0.465 e. The van der Waals surface area contributed by atoms with Crippen molar-refractivity contribution in [2.24, 2.45) is 0 Å². The quantitative estimate of drug-likeness (QED) is 0.569. The summed E-state index contributed by atoms with van der Waals surface area (Å²) < 4.78 is 48.4. The number of benzene rings is 1. The Morgan fingerprint density at radius 3 is 2.53 bits per heavy atom. The molecule has 0 saturated heterocycles. The molecule has 0 spiro atoms. The number of hydrogen-bond donors (Lipinski definition) is 2. The Morgan fingerprint density at radius 1 is 1.20 bits per heavy atom. The van der Waals surface area contributed by atoms with Gasteiger partial charge in [0, 0.05) is 19.0 Å². The van der Waals surface area contributed by atoms with Crippen molar-refractivity contribution in [2.75, 3.05) is 19.8 Å². The van der Waals surface area contributed by atoms with Gasteiger partial charge in [-0.3, -0.25) is 14.6 Å². The van der Waals surface area contributed by atoms with Crippen LogP contribution in [0, 0.1) is 0 Å². The Hall–Kier alpha value is -2.88. The van der Waals surface area contributed by atoms with E-state index in [0.29, 0.717) is 25.0 Å². The van der Waals surface area contributed by atoms with Gasteiger partial charge in [-0.15, -0.1) is 0 Å². The molecule has 0 radical (unpaired) electrons. The molecule has 0 unspecified atom stereocenters. The molecule has 0 aliphatic rings. The van der Waals surface area contributed by atoms with Crippen LogP contribution in [0.25, 0.3) is 0 Å². The van der Waals surface area contributed by atoms with Gasteiger partial charge in [0.05, 0.1) is 24.9 Å². The first-order chi connectivity index (χ1) is 14.1.